The number of rotatable bonds is 3. The molecule has 0 saturated carbocycles. The molecule has 0 fully saturated rings. The standard InChI is InChI=1S/C7H8N2S/c8-3-1-4-9-7-2-5-10-6-7/h2,5-6,9H,1,4H2. The number of nitriles is 1. The number of nitrogens with one attached hydrogen (secondary N) is 1. The molecule has 0 bridgehead atoms. The zero-order chi connectivity index (χ0) is 7.23. The molecule has 0 aromatic carbocycles. The molecule has 0 unspecified atom stereocenters. The van der Waals surface area contributed by atoms with E-state index < -0.39 is 0 Å². The third-order valence-electron chi connectivity index (χ3n) is 1.09. The first-order valence-corrected chi connectivity index (χ1v) is 4.01. The molecule has 1 rings (SSSR count). The van der Waals surface area contributed by atoms with Crippen LogP contribution in [0.2, 0.25) is 0 Å². The van der Waals surface area contributed by atoms with Gasteiger partial charge in [-0.3, -0.25) is 0 Å². The number of hydrogen-bond acceptors (Lipinski definition) is 3. The quantitative estimate of drug-likeness (QED) is 0.673. The van der Waals surface area contributed by atoms with Crippen LogP contribution < -0.4 is 5.32 Å². The van der Waals surface area contributed by atoms with Crippen LogP contribution in [0.5, 0.6) is 0 Å². The summed E-state index contributed by atoms with van der Waals surface area (Å²) < 4.78 is 0. The summed E-state index contributed by atoms with van der Waals surface area (Å²) >= 11 is 1.65. The predicted molar refractivity (Wildman–Crippen MR) is 43.0 cm³/mol. The number of nitrogens with zero attached hydrogens (tertiary/aromatic N) is 1. The highest BCUT2D eigenvalue weighted by Gasteiger charge is 1.88. The van der Waals surface area contributed by atoms with Crippen LogP contribution in [0.15, 0.2) is 16.8 Å². The zero-order valence-corrected chi connectivity index (χ0v) is 6.32. The first-order chi connectivity index (χ1) is 4.93. The Balaban J connectivity index is 2.23. The summed E-state index contributed by atoms with van der Waals surface area (Å²) in [5.41, 5.74) is 1.11. The van der Waals surface area contributed by atoms with Crippen molar-refractivity contribution in [1.82, 2.24) is 0 Å². The van der Waals surface area contributed by atoms with Crippen LogP contribution >= 0.6 is 11.3 Å². The molecule has 0 aliphatic carbocycles. The van der Waals surface area contributed by atoms with Crippen molar-refractivity contribution in [2.45, 2.75) is 6.42 Å². The van der Waals surface area contributed by atoms with E-state index in [0.29, 0.717) is 6.42 Å². The van der Waals surface area contributed by atoms with Crippen molar-refractivity contribution in [3.8, 4) is 6.07 Å². The van der Waals surface area contributed by atoms with Gasteiger partial charge in [-0.05, 0) is 11.4 Å². The second-order valence-corrected chi connectivity index (χ2v) is 2.63. The van der Waals surface area contributed by atoms with Crippen LogP contribution in [0.25, 0.3) is 0 Å². The van der Waals surface area contributed by atoms with Gasteiger partial charge < -0.3 is 5.32 Å². The van der Waals surface area contributed by atoms with Gasteiger partial charge in [0.2, 0.25) is 0 Å². The van der Waals surface area contributed by atoms with E-state index in [-0.39, 0.29) is 0 Å². The maximum atomic E-state index is 8.21. The van der Waals surface area contributed by atoms with Gasteiger partial charge in [-0.25, -0.2) is 0 Å². The molecule has 0 aliphatic heterocycles. The molecular weight excluding hydrogens is 144 g/mol. The van der Waals surface area contributed by atoms with Crippen molar-refractivity contribution in [2.24, 2.45) is 0 Å². The maximum absolute atomic E-state index is 8.21. The third-order valence-corrected chi connectivity index (χ3v) is 1.77. The Morgan fingerprint density at radius 2 is 2.60 bits per heavy atom. The molecule has 1 heterocycles. The normalized spacial score (nSPS) is 8.70. The first kappa shape index (κ1) is 7.10. The van der Waals surface area contributed by atoms with E-state index in [1.165, 1.54) is 0 Å². The van der Waals surface area contributed by atoms with E-state index >= 15 is 0 Å². The van der Waals surface area contributed by atoms with Crippen molar-refractivity contribution in [3.63, 3.8) is 0 Å². The predicted octanol–water partition coefficient (Wildman–Crippen LogP) is 2.07. The summed E-state index contributed by atoms with van der Waals surface area (Å²) in [5.74, 6) is 0. The highest BCUT2D eigenvalue weighted by molar-refractivity contribution is 7.08. The fraction of sp³-hybridized carbons (Fsp3) is 0.286. The Morgan fingerprint density at radius 1 is 1.70 bits per heavy atom. The van der Waals surface area contributed by atoms with Crippen LogP contribution in [0.3, 0.4) is 0 Å². The molecule has 1 N–H and O–H groups in total. The molecule has 1 aromatic heterocycles. The van der Waals surface area contributed by atoms with Gasteiger partial charge >= 0.3 is 0 Å². The Kier molecular flexibility index (Phi) is 2.78. The second kappa shape index (κ2) is 3.91. The minimum Gasteiger partial charge on any atom is -0.383 e. The number of thiophene rings is 1. The highest BCUT2D eigenvalue weighted by atomic mass is 32.1. The van der Waals surface area contributed by atoms with Gasteiger partial charge in [0.1, 0.15) is 0 Å². The molecule has 3 heteroatoms. The van der Waals surface area contributed by atoms with Crippen molar-refractivity contribution < 1.29 is 0 Å². The van der Waals surface area contributed by atoms with Crippen LogP contribution in [-0.4, -0.2) is 6.54 Å². The molecule has 0 amide bonds. The minimum atomic E-state index is 0.565. The second-order valence-electron chi connectivity index (χ2n) is 1.85. The van der Waals surface area contributed by atoms with E-state index in [2.05, 4.69) is 11.4 Å². The molecule has 0 saturated heterocycles. The summed E-state index contributed by atoms with van der Waals surface area (Å²) in [4.78, 5) is 0. The van der Waals surface area contributed by atoms with E-state index in [0.717, 1.165) is 12.2 Å². The summed E-state index contributed by atoms with van der Waals surface area (Å²) in [6, 6.07) is 4.07. The Labute approximate surface area is 64.1 Å². The fourth-order valence-corrected chi connectivity index (χ4v) is 1.24. The lowest BCUT2D eigenvalue weighted by molar-refractivity contribution is 1.08. The zero-order valence-electron chi connectivity index (χ0n) is 5.50. The molecular formula is C7H8N2S. The van der Waals surface area contributed by atoms with E-state index in [9.17, 15) is 0 Å². The lowest BCUT2D eigenvalue weighted by atomic mass is 10.4. The van der Waals surface area contributed by atoms with Crippen molar-refractivity contribution >= 4 is 17.0 Å². The highest BCUT2D eigenvalue weighted by Crippen LogP contribution is 2.10. The van der Waals surface area contributed by atoms with E-state index in [1.54, 1.807) is 11.3 Å². The maximum Gasteiger partial charge on any atom is 0.0640 e. The smallest absolute Gasteiger partial charge is 0.0640 e. The van der Waals surface area contributed by atoms with Gasteiger partial charge in [0, 0.05) is 17.6 Å². The minimum absolute atomic E-state index is 0.565. The van der Waals surface area contributed by atoms with Crippen LogP contribution in [-0.2, 0) is 0 Å². The van der Waals surface area contributed by atoms with Gasteiger partial charge in [0.15, 0.2) is 0 Å². The average Bonchev–Trinajstić information content (AvgIpc) is 2.41. The van der Waals surface area contributed by atoms with E-state index in [4.69, 9.17) is 5.26 Å². The SMILES string of the molecule is N#CCCNc1ccsc1. The number of anilines is 1. The Morgan fingerprint density at radius 3 is 3.20 bits per heavy atom. The topological polar surface area (TPSA) is 35.8 Å². The molecule has 0 aliphatic rings. The summed E-state index contributed by atoms with van der Waals surface area (Å²) in [6.07, 6.45) is 0.565. The molecule has 0 atom stereocenters. The monoisotopic (exact) mass is 152 g/mol. The van der Waals surface area contributed by atoms with Crippen molar-refractivity contribution in [1.29, 1.82) is 5.26 Å². The molecule has 0 spiro atoms. The van der Waals surface area contributed by atoms with Crippen molar-refractivity contribution in [2.75, 3.05) is 11.9 Å². The van der Waals surface area contributed by atoms with E-state index in [1.807, 2.05) is 16.8 Å². The summed E-state index contributed by atoms with van der Waals surface area (Å²) in [6.45, 7) is 0.743. The number of hydrogen-bond donors (Lipinski definition) is 1. The van der Waals surface area contributed by atoms with Gasteiger partial charge in [0.25, 0.3) is 0 Å². The van der Waals surface area contributed by atoms with Crippen LogP contribution in [0.4, 0.5) is 5.69 Å². The summed E-state index contributed by atoms with van der Waals surface area (Å²) in [5, 5.41) is 15.4. The molecule has 52 valence electrons. The largest absolute Gasteiger partial charge is 0.383 e. The lowest BCUT2D eigenvalue weighted by Crippen LogP contribution is -1.97. The van der Waals surface area contributed by atoms with Gasteiger partial charge in [-0.15, -0.1) is 0 Å². The van der Waals surface area contributed by atoms with Crippen molar-refractivity contribution in [3.05, 3.63) is 16.8 Å². The Hall–Kier alpha value is -1.01. The summed E-state index contributed by atoms with van der Waals surface area (Å²) in [7, 11) is 0. The average molecular weight is 152 g/mol. The van der Waals surface area contributed by atoms with Gasteiger partial charge in [-0.1, -0.05) is 0 Å². The fourth-order valence-electron chi connectivity index (χ4n) is 0.628. The molecule has 0 radical (unpaired) electrons. The Bertz CT molecular complexity index is 210. The van der Waals surface area contributed by atoms with Gasteiger partial charge in [-0.2, -0.15) is 16.6 Å². The molecule has 2 nitrogen and oxygen atoms in total. The first-order valence-electron chi connectivity index (χ1n) is 3.06. The molecule has 1 aromatic rings. The van der Waals surface area contributed by atoms with Gasteiger partial charge in [0.05, 0.1) is 12.5 Å². The third kappa shape index (κ3) is 2.08. The van der Waals surface area contributed by atoms with Crippen LogP contribution in [0, 0.1) is 11.3 Å². The van der Waals surface area contributed by atoms with Crippen LogP contribution in [0.1, 0.15) is 6.42 Å². The lowest BCUT2D eigenvalue weighted by Gasteiger charge is -1.96. The molecule has 10 heavy (non-hydrogen) atoms.